The summed E-state index contributed by atoms with van der Waals surface area (Å²) in [4.78, 5) is 0. The highest BCUT2D eigenvalue weighted by Crippen LogP contribution is 2.64. The van der Waals surface area contributed by atoms with Gasteiger partial charge in [0.15, 0.2) is 5.79 Å². The molecule has 1 N–H and O–H groups in total. The molecule has 1 heterocycles. The van der Waals surface area contributed by atoms with E-state index in [1.54, 1.807) is 0 Å². The van der Waals surface area contributed by atoms with Crippen molar-refractivity contribution in [3.63, 3.8) is 0 Å². The van der Waals surface area contributed by atoms with Gasteiger partial charge in [-0.2, -0.15) is 0 Å². The van der Waals surface area contributed by atoms with E-state index in [0.717, 1.165) is 55.6 Å². The molecule has 3 heteroatoms. The lowest BCUT2D eigenvalue weighted by Crippen LogP contribution is -2.52. The lowest BCUT2D eigenvalue weighted by Gasteiger charge is -2.59. The average molecular weight is 349 g/mol. The number of aliphatic hydroxyl groups is 1. The fourth-order valence-electron chi connectivity index (χ4n) is 8.29. The van der Waals surface area contributed by atoms with Crippen LogP contribution in [-0.2, 0) is 9.47 Å². The highest BCUT2D eigenvalue weighted by molar-refractivity contribution is 5.07. The van der Waals surface area contributed by atoms with Gasteiger partial charge in [0.1, 0.15) is 0 Å². The predicted octanol–water partition coefficient (Wildman–Crippen LogP) is 4.38. The lowest BCUT2D eigenvalue weighted by molar-refractivity contribution is -0.198. The summed E-state index contributed by atoms with van der Waals surface area (Å²) >= 11 is 0. The average Bonchev–Trinajstić information content (AvgIpc) is 3.22. The molecule has 142 valence electrons. The molecule has 0 aromatic carbocycles. The van der Waals surface area contributed by atoms with Crippen LogP contribution in [0.3, 0.4) is 0 Å². The van der Waals surface area contributed by atoms with Crippen molar-refractivity contribution in [1.82, 2.24) is 0 Å². The Morgan fingerprint density at radius 1 is 0.760 bits per heavy atom. The van der Waals surface area contributed by atoms with Crippen molar-refractivity contribution < 1.29 is 14.6 Å². The molecule has 3 nitrogen and oxygen atoms in total. The molecule has 5 aliphatic rings. The fourth-order valence-corrected chi connectivity index (χ4v) is 8.29. The molecule has 3 unspecified atom stereocenters. The van der Waals surface area contributed by atoms with E-state index in [2.05, 4.69) is 13.8 Å². The molecule has 1 saturated heterocycles. The van der Waals surface area contributed by atoms with E-state index in [4.69, 9.17) is 9.47 Å². The zero-order valence-corrected chi connectivity index (χ0v) is 16.1. The van der Waals surface area contributed by atoms with Gasteiger partial charge in [0, 0.05) is 5.92 Å². The van der Waals surface area contributed by atoms with Gasteiger partial charge in [-0.3, -0.25) is 0 Å². The van der Waals surface area contributed by atoms with Crippen LogP contribution < -0.4 is 0 Å². The highest BCUT2D eigenvalue weighted by Gasteiger charge is 2.59. The van der Waals surface area contributed by atoms with Crippen LogP contribution in [0.25, 0.3) is 0 Å². The van der Waals surface area contributed by atoms with Gasteiger partial charge < -0.3 is 14.6 Å². The summed E-state index contributed by atoms with van der Waals surface area (Å²) in [5, 5.41) is 10.2. The number of fused-ring (bicyclic) bond motifs is 5. The Bertz CT molecular complexity index is 513. The van der Waals surface area contributed by atoms with Gasteiger partial charge in [0.25, 0.3) is 0 Å². The summed E-state index contributed by atoms with van der Waals surface area (Å²) in [6.45, 7) is 6.34. The van der Waals surface area contributed by atoms with Gasteiger partial charge in [-0.25, -0.2) is 0 Å². The molecule has 25 heavy (non-hydrogen) atoms. The molecule has 1 aliphatic heterocycles. The van der Waals surface area contributed by atoms with Crippen molar-refractivity contribution in [1.29, 1.82) is 0 Å². The summed E-state index contributed by atoms with van der Waals surface area (Å²) in [5.41, 5.74) is 0.495. The smallest absolute Gasteiger partial charge is 0.168 e. The second-order valence-electron chi connectivity index (χ2n) is 10.3. The lowest BCUT2D eigenvalue weighted by atomic mass is 9.47. The van der Waals surface area contributed by atoms with Crippen LogP contribution in [0.1, 0.15) is 71.6 Å². The predicted molar refractivity (Wildman–Crippen MR) is 96.9 cm³/mol. The first-order valence-electron chi connectivity index (χ1n) is 11.0. The Labute approximate surface area is 152 Å². The molecule has 4 saturated carbocycles. The Hall–Kier alpha value is -0.120. The first kappa shape index (κ1) is 17.0. The van der Waals surface area contributed by atoms with E-state index in [-0.39, 0.29) is 11.9 Å². The maximum atomic E-state index is 10.2. The molecule has 5 rings (SSSR count). The molecule has 0 spiro atoms. The monoisotopic (exact) mass is 348 g/mol. The topological polar surface area (TPSA) is 38.7 Å². The number of hydrogen-bond donors (Lipinski definition) is 1. The van der Waals surface area contributed by atoms with Crippen molar-refractivity contribution in [2.75, 3.05) is 13.2 Å². The maximum absolute atomic E-state index is 10.2. The van der Waals surface area contributed by atoms with Crippen molar-refractivity contribution in [2.45, 2.75) is 83.5 Å². The van der Waals surface area contributed by atoms with Crippen LogP contribution in [0, 0.1) is 40.9 Å². The molecule has 0 aromatic rings. The largest absolute Gasteiger partial charge is 0.393 e. The van der Waals surface area contributed by atoms with Crippen LogP contribution in [0.5, 0.6) is 0 Å². The molecule has 5 fully saturated rings. The second-order valence-corrected chi connectivity index (χ2v) is 10.3. The summed E-state index contributed by atoms with van der Waals surface area (Å²) < 4.78 is 12.2. The highest BCUT2D eigenvalue weighted by atomic mass is 16.7. The molecule has 0 bridgehead atoms. The SMILES string of the molecule is CC1([C@H]2CCC3C4CC[C@H]5C[C@@H](O)CC[C@]5(C)C4CC[C@@H]32)OCCO1. The molecule has 0 aromatic heterocycles. The van der Waals surface area contributed by atoms with Crippen LogP contribution in [-0.4, -0.2) is 30.2 Å². The number of ether oxygens (including phenoxy) is 2. The van der Waals surface area contributed by atoms with Crippen LogP contribution in [0.4, 0.5) is 0 Å². The molecule has 0 amide bonds. The minimum Gasteiger partial charge on any atom is -0.393 e. The first-order valence-corrected chi connectivity index (χ1v) is 11.0. The van der Waals surface area contributed by atoms with Crippen molar-refractivity contribution >= 4 is 0 Å². The summed E-state index contributed by atoms with van der Waals surface area (Å²) in [7, 11) is 0. The Morgan fingerprint density at radius 2 is 1.40 bits per heavy atom. The summed E-state index contributed by atoms with van der Waals surface area (Å²) in [6.07, 6.45) is 11.6. The second kappa shape index (κ2) is 5.94. The van der Waals surface area contributed by atoms with Crippen molar-refractivity contribution in [3.05, 3.63) is 0 Å². The quantitative estimate of drug-likeness (QED) is 0.764. The van der Waals surface area contributed by atoms with E-state index in [1.807, 2.05) is 0 Å². The van der Waals surface area contributed by atoms with E-state index < -0.39 is 0 Å². The Kier molecular flexibility index (Phi) is 4.04. The van der Waals surface area contributed by atoms with Gasteiger partial charge >= 0.3 is 0 Å². The van der Waals surface area contributed by atoms with Gasteiger partial charge in [-0.05, 0) is 99.7 Å². The molecular weight excluding hydrogens is 312 g/mol. The minimum absolute atomic E-state index is 0.0292. The zero-order valence-electron chi connectivity index (χ0n) is 16.1. The van der Waals surface area contributed by atoms with Crippen LogP contribution in [0.2, 0.25) is 0 Å². The third-order valence-corrected chi connectivity index (χ3v) is 9.49. The third kappa shape index (κ3) is 2.48. The molecule has 0 radical (unpaired) electrons. The Balaban J connectivity index is 1.37. The molecule has 8 atom stereocenters. The first-order chi connectivity index (χ1) is 12.0. The van der Waals surface area contributed by atoms with E-state index in [9.17, 15) is 5.11 Å². The van der Waals surface area contributed by atoms with E-state index >= 15 is 0 Å². The summed E-state index contributed by atoms with van der Waals surface area (Å²) in [6, 6.07) is 0. The maximum Gasteiger partial charge on any atom is 0.168 e. The van der Waals surface area contributed by atoms with E-state index in [0.29, 0.717) is 11.3 Å². The van der Waals surface area contributed by atoms with Crippen LogP contribution in [0.15, 0.2) is 0 Å². The normalized spacial score (nSPS) is 54.6. The van der Waals surface area contributed by atoms with Crippen molar-refractivity contribution in [3.8, 4) is 0 Å². The van der Waals surface area contributed by atoms with Crippen LogP contribution >= 0.6 is 0 Å². The number of hydrogen-bond acceptors (Lipinski definition) is 3. The summed E-state index contributed by atoms with van der Waals surface area (Å²) in [5.74, 6) is 4.62. The van der Waals surface area contributed by atoms with Gasteiger partial charge in [0.05, 0.1) is 19.3 Å². The standard InChI is InChI=1S/C22H36O3/c1-21-10-9-15(23)13-14(21)3-4-17-16-5-8-20(18(16)6-7-19(17)21)22(2)24-11-12-25-22/h14-20,23H,3-13H2,1-2H3/t14-,15-,16?,17?,18-,19?,20-,21-/m0/s1. The van der Waals surface area contributed by atoms with Gasteiger partial charge in [-0.1, -0.05) is 6.92 Å². The molecule has 4 aliphatic carbocycles. The van der Waals surface area contributed by atoms with Crippen molar-refractivity contribution in [2.24, 2.45) is 40.9 Å². The van der Waals surface area contributed by atoms with Gasteiger partial charge in [-0.15, -0.1) is 0 Å². The number of rotatable bonds is 1. The third-order valence-electron chi connectivity index (χ3n) is 9.49. The number of aliphatic hydroxyl groups excluding tert-OH is 1. The van der Waals surface area contributed by atoms with E-state index in [1.165, 1.54) is 44.9 Å². The van der Waals surface area contributed by atoms with Gasteiger partial charge in [0.2, 0.25) is 0 Å². The Morgan fingerprint density at radius 3 is 2.20 bits per heavy atom. The zero-order chi connectivity index (χ0) is 17.2. The molecular formula is C22H36O3. The minimum atomic E-state index is -0.303. The fraction of sp³-hybridized carbons (Fsp3) is 1.00.